The normalized spacial score (nSPS) is 13.7. The van der Waals surface area contributed by atoms with Crippen LogP contribution in [-0.2, 0) is 4.74 Å². The summed E-state index contributed by atoms with van der Waals surface area (Å²) >= 11 is 6.89. The summed E-state index contributed by atoms with van der Waals surface area (Å²) in [6.45, 7) is 1.09. The molecule has 26 heavy (non-hydrogen) atoms. The first-order valence-electron chi connectivity index (χ1n) is 7.95. The molecular formula is C17H15ClN2O5S. The lowest BCUT2D eigenvalue weighted by molar-refractivity contribution is -0.384. The molecule has 0 saturated carbocycles. The van der Waals surface area contributed by atoms with Crippen LogP contribution < -0.4 is 4.90 Å². The van der Waals surface area contributed by atoms with Crippen LogP contribution in [0.4, 0.5) is 11.4 Å². The Bertz CT molecular complexity index is 861. The Balaban J connectivity index is 1.79. The summed E-state index contributed by atoms with van der Waals surface area (Å²) in [5, 5.41) is 11.0. The second-order valence-electron chi connectivity index (χ2n) is 5.76. The quantitative estimate of drug-likeness (QED) is 0.319. The van der Waals surface area contributed by atoms with Crippen LogP contribution in [0.2, 0.25) is 4.34 Å². The minimum absolute atomic E-state index is 0.0955. The van der Waals surface area contributed by atoms with Gasteiger partial charge < -0.3 is 9.64 Å². The SMILES string of the molecule is O=C(COC(=O)c1cc([N+](=O)[O-])ccc1N1CCCC1)c1ccc(Cl)s1. The van der Waals surface area contributed by atoms with Crippen molar-refractivity contribution in [2.24, 2.45) is 0 Å². The van der Waals surface area contributed by atoms with Gasteiger partial charge in [0, 0.05) is 25.2 Å². The number of nitro groups is 1. The number of anilines is 1. The van der Waals surface area contributed by atoms with E-state index in [0.29, 0.717) is 14.9 Å². The molecule has 1 aliphatic heterocycles. The monoisotopic (exact) mass is 394 g/mol. The van der Waals surface area contributed by atoms with E-state index in [-0.39, 0.29) is 17.0 Å². The number of thiophene rings is 1. The largest absolute Gasteiger partial charge is 0.454 e. The zero-order chi connectivity index (χ0) is 18.7. The van der Waals surface area contributed by atoms with Gasteiger partial charge in [-0.15, -0.1) is 11.3 Å². The van der Waals surface area contributed by atoms with E-state index in [0.717, 1.165) is 37.3 Å². The second-order valence-corrected chi connectivity index (χ2v) is 7.47. The third-order valence-corrected chi connectivity index (χ3v) is 5.31. The van der Waals surface area contributed by atoms with Gasteiger partial charge in [0.1, 0.15) is 0 Å². The first kappa shape index (κ1) is 18.3. The van der Waals surface area contributed by atoms with Gasteiger partial charge in [0.05, 0.1) is 25.4 Å². The predicted molar refractivity (Wildman–Crippen MR) is 98.5 cm³/mol. The first-order valence-corrected chi connectivity index (χ1v) is 9.14. The summed E-state index contributed by atoms with van der Waals surface area (Å²) in [5.41, 5.74) is 0.485. The molecule has 1 aromatic heterocycles. The van der Waals surface area contributed by atoms with Crippen LogP contribution in [0.3, 0.4) is 0 Å². The van der Waals surface area contributed by atoms with Gasteiger partial charge in [0.25, 0.3) is 5.69 Å². The van der Waals surface area contributed by atoms with E-state index >= 15 is 0 Å². The molecule has 0 radical (unpaired) electrons. The number of hydrogen-bond donors (Lipinski definition) is 0. The second kappa shape index (κ2) is 7.84. The molecule has 7 nitrogen and oxygen atoms in total. The highest BCUT2D eigenvalue weighted by molar-refractivity contribution is 7.18. The number of Topliss-reactive ketones (excluding diaryl/α,β-unsaturated/α-hetero) is 1. The van der Waals surface area contributed by atoms with Gasteiger partial charge in [-0.25, -0.2) is 4.79 Å². The van der Waals surface area contributed by atoms with Crippen molar-refractivity contribution in [1.82, 2.24) is 0 Å². The molecular weight excluding hydrogens is 380 g/mol. The van der Waals surface area contributed by atoms with Crippen LogP contribution in [-0.4, -0.2) is 36.4 Å². The molecule has 9 heteroatoms. The number of nitro benzene ring substituents is 1. The maximum atomic E-state index is 12.5. The topological polar surface area (TPSA) is 89.8 Å². The van der Waals surface area contributed by atoms with E-state index in [2.05, 4.69) is 0 Å². The third kappa shape index (κ3) is 4.03. The van der Waals surface area contributed by atoms with Crippen LogP contribution in [0.5, 0.6) is 0 Å². The van der Waals surface area contributed by atoms with Crippen molar-refractivity contribution in [3.8, 4) is 0 Å². The Morgan fingerprint density at radius 3 is 2.58 bits per heavy atom. The number of rotatable bonds is 6. The zero-order valence-electron chi connectivity index (χ0n) is 13.6. The zero-order valence-corrected chi connectivity index (χ0v) is 15.2. The summed E-state index contributed by atoms with van der Waals surface area (Å²) in [5.74, 6) is -1.13. The van der Waals surface area contributed by atoms with Crippen LogP contribution in [0.25, 0.3) is 0 Å². The summed E-state index contributed by atoms with van der Waals surface area (Å²) < 4.78 is 5.58. The van der Waals surface area contributed by atoms with E-state index in [1.165, 1.54) is 12.1 Å². The Morgan fingerprint density at radius 1 is 1.23 bits per heavy atom. The summed E-state index contributed by atoms with van der Waals surface area (Å²) in [7, 11) is 0. The summed E-state index contributed by atoms with van der Waals surface area (Å²) in [6.07, 6.45) is 1.98. The fourth-order valence-electron chi connectivity index (χ4n) is 2.78. The highest BCUT2D eigenvalue weighted by atomic mass is 35.5. The molecule has 0 atom stereocenters. The molecule has 0 N–H and O–H groups in total. The van der Waals surface area contributed by atoms with Gasteiger partial charge in [-0.1, -0.05) is 11.6 Å². The minimum Gasteiger partial charge on any atom is -0.454 e. The fourth-order valence-corrected chi connectivity index (χ4v) is 3.75. The number of esters is 1. The fraction of sp³-hybridized carbons (Fsp3) is 0.294. The smallest absolute Gasteiger partial charge is 0.340 e. The molecule has 0 amide bonds. The van der Waals surface area contributed by atoms with Gasteiger partial charge in [-0.05, 0) is 31.0 Å². The van der Waals surface area contributed by atoms with Crippen LogP contribution in [0.15, 0.2) is 30.3 Å². The van der Waals surface area contributed by atoms with Crippen molar-refractivity contribution in [3.63, 3.8) is 0 Å². The predicted octanol–water partition coefficient (Wildman–Crippen LogP) is 3.95. The van der Waals surface area contributed by atoms with E-state index in [4.69, 9.17) is 16.3 Å². The van der Waals surface area contributed by atoms with Gasteiger partial charge in [0.2, 0.25) is 5.78 Å². The molecule has 1 saturated heterocycles. The summed E-state index contributed by atoms with van der Waals surface area (Å²) in [4.78, 5) is 37.4. The number of carbonyl (C=O) groups excluding carboxylic acids is 2. The van der Waals surface area contributed by atoms with Crippen molar-refractivity contribution < 1.29 is 19.2 Å². The van der Waals surface area contributed by atoms with Crippen molar-refractivity contribution >= 4 is 46.1 Å². The van der Waals surface area contributed by atoms with E-state index < -0.39 is 17.5 Å². The van der Waals surface area contributed by atoms with Crippen LogP contribution >= 0.6 is 22.9 Å². The summed E-state index contributed by atoms with van der Waals surface area (Å²) in [6, 6.07) is 7.27. The number of non-ortho nitro benzene ring substituents is 1. The highest BCUT2D eigenvalue weighted by Gasteiger charge is 2.24. The number of ketones is 1. The van der Waals surface area contributed by atoms with Crippen molar-refractivity contribution in [1.29, 1.82) is 0 Å². The molecule has 0 bridgehead atoms. The van der Waals surface area contributed by atoms with Gasteiger partial charge >= 0.3 is 5.97 Å². The average molecular weight is 395 g/mol. The van der Waals surface area contributed by atoms with Crippen LogP contribution in [0, 0.1) is 10.1 Å². The Hall–Kier alpha value is -2.45. The van der Waals surface area contributed by atoms with E-state index in [1.54, 1.807) is 18.2 Å². The number of halogens is 1. The number of ether oxygens (including phenoxy) is 1. The molecule has 136 valence electrons. The van der Waals surface area contributed by atoms with E-state index in [9.17, 15) is 19.7 Å². The highest BCUT2D eigenvalue weighted by Crippen LogP contribution is 2.29. The molecule has 0 spiro atoms. The van der Waals surface area contributed by atoms with Crippen LogP contribution in [0.1, 0.15) is 32.9 Å². The molecule has 1 fully saturated rings. The maximum Gasteiger partial charge on any atom is 0.340 e. The molecule has 0 unspecified atom stereocenters. The first-order chi connectivity index (χ1) is 12.5. The van der Waals surface area contributed by atoms with Crippen molar-refractivity contribution in [3.05, 3.63) is 55.2 Å². The molecule has 0 aliphatic carbocycles. The number of benzene rings is 1. The van der Waals surface area contributed by atoms with E-state index in [1.807, 2.05) is 4.90 Å². The lowest BCUT2D eigenvalue weighted by Crippen LogP contribution is -2.22. The molecule has 1 aromatic carbocycles. The Kier molecular flexibility index (Phi) is 5.53. The standard InChI is InChI=1S/C17H15ClN2O5S/c18-16-6-5-15(26-16)14(21)10-25-17(22)12-9-11(20(23)24)3-4-13(12)19-7-1-2-8-19/h3-6,9H,1-2,7-8,10H2. The average Bonchev–Trinajstić information content (AvgIpc) is 3.30. The molecule has 3 rings (SSSR count). The minimum atomic E-state index is -0.758. The Labute approximate surface area is 158 Å². The maximum absolute atomic E-state index is 12.5. The van der Waals surface area contributed by atoms with Gasteiger partial charge in [-0.3, -0.25) is 14.9 Å². The van der Waals surface area contributed by atoms with Crippen molar-refractivity contribution in [2.75, 3.05) is 24.6 Å². The number of carbonyl (C=O) groups is 2. The molecule has 2 aromatic rings. The number of hydrogen-bond acceptors (Lipinski definition) is 7. The third-order valence-electron chi connectivity index (χ3n) is 4.04. The number of nitrogens with zero attached hydrogens (tertiary/aromatic N) is 2. The lowest BCUT2D eigenvalue weighted by Gasteiger charge is -2.20. The van der Waals surface area contributed by atoms with Gasteiger partial charge in [0.15, 0.2) is 6.61 Å². The molecule has 1 aliphatic rings. The lowest BCUT2D eigenvalue weighted by atomic mass is 10.1. The van der Waals surface area contributed by atoms with Gasteiger partial charge in [-0.2, -0.15) is 0 Å². The molecule has 2 heterocycles. The Morgan fingerprint density at radius 2 is 1.96 bits per heavy atom. The van der Waals surface area contributed by atoms with Crippen molar-refractivity contribution in [2.45, 2.75) is 12.8 Å².